The number of amides is 2. The zero-order chi connectivity index (χ0) is 24.1. The SMILES string of the molecule is Cn1nnnc1C1=C(C(=O)O)N2C(=O)C(C=S)(NC(=O)C(=C(Cl)Cl)c3csc(N)n3)[C@@H]2SC1. The van der Waals surface area contributed by atoms with Gasteiger partial charge in [0.1, 0.15) is 15.6 Å². The van der Waals surface area contributed by atoms with Crippen molar-refractivity contribution in [3.8, 4) is 0 Å². The van der Waals surface area contributed by atoms with Crippen LogP contribution in [0.3, 0.4) is 0 Å². The van der Waals surface area contributed by atoms with E-state index in [1.165, 1.54) is 21.8 Å². The molecule has 2 atom stereocenters. The maximum atomic E-state index is 13.3. The largest absolute Gasteiger partial charge is 0.477 e. The number of nitrogens with one attached hydrogen (secondary N) is 1. The second-order valence-electron chi connectivity index (χ2n) is 6.74. The summed E-state index contributed by atoms with van der Waals surface area (Å²) >= 11 is 19.2. The van der Waals surface area contributed by atoms with Gasteiger partial charge >= 0.3 is 5.97 Å². The lowest BCUT2D eigenvalue weighted by atomic mass is 9.87. The highest BCUT2D eigenvalue weighted by atomic mass is 35.5. The van der Waals surface area contributed by atoms with Gasteiger partial charge < -0.3 is 16.2 Å². The van der Waals surface area contributed by atoms with E-state index in [9.17, 15) is 19.5 Å². The van der Waals surface area contributed by atoms with E-state index >= 15 is 0 Å². The Morgan fingerprint density at radius 1 is 1.45 bits per heavy atom. The number of fused-ring (bicyclic) bond motifs is 1. The molecule has 2 aromatic heterocycles. The number of aromatic nitrogens is 5. The topological polar surface area (TPSA) is 169 Å². The van der Waals surface area contributed by atoms with E-state index in [0.717, 1.165) is 21.6 Å². The van der Waals surface area contributed by atoms with E-state index in [4.69, 9.17) is 41.2 Å². The molecule has 17 heteroatoms. The molecule has 1 fully saturated rings. The standard InChI is InChI=1S/C16H12Cl2N8O4S3/c1-25-10(22-23-24-25)5-2-32-14-16(4-31,13(30)26(14)8(5)12(28)29)21-11(27)7(9(17)18)6-3-33-15(19)20-6/h3-4,14H,2H2,1H3,(H2,19,20)(H,21,27)(H,28,29)/t14-,16?/m0/s1. The lowest BCUT2D eigenvalue weighted by molar-refractivity contribution is -0.153. The third-order valence-corrected chi connectivity index (χ3v) is 7.68. The van der Waals surface area contributed by atoms with Crippen LogP contribution in [0.4, 0.5) is 5.13 Å². The van der Waals surface area contributed by atoms with Gasteiger partial charge in [-0.05, 0) is 10.4 Å². The number of hydrogen-bond acceptors (Lipinski definition) is 11. The number of carboxylic acids is 1. The van der Waals surface area contributed by atoms with Crippen LogP contribution in [-0.4, -0.2) is 75.0 Å². The lowest BCUT2D eigenvalue weighted by Crippen LogP contribution is -2.80. The molecule has 0 bridgehead atoms. The van der Waals surface area contributed by atoms with Crippen molar-refractivity contribution >= 4 is 97.9 Å². The summed E-state index contributed by atoms with van der Waals surface area (Å²) in [5.74, 6) is -2.56. The van der Waals surface area contributed by atoms with Crippen LogP contribution in [0.1, 0.15) is 11.5 Å². The number of thioether (sulfide) groups is 1. The average molecular weight is 547 g/mol. The molecule has 2 aliphatic rings. The van der Waals surface area contributed by atoms with Gasteiger partial charge in [-0.3, -0.25) is 14.5 Å². The van der Waals surface area contributed by atoms with E-state index in [-0.39, 0.29) is 43.7 Å². The maximum Gasteiger partial charge on any atom is 0.353 e. The summed E-state index contributed by atoms with van der Waals surface area (Å²) in [6.45, 7) is 0. The van der Waals surface area contributed by atoms with Crippen molar-refractivity contribution in [1.82, 2.24) is 35.4 Å². The first-order chi connectivity index (χ1) is 15.6. The number of halogens is 2. The molecule has 4 N–H and O–H groups in total. The first-order valence-electron chi connectivity index (χ1n) is 8.82. The quantitative estimate of drug-likeness (QED) is 0.264. The van der Waals surface area contributed by atoms with Gasteiger partial charge in [0.15, 0.2) is 16.5 Å². The molecule has 12 nitrogen and oxygen atoms in total. The normalized spacial score (nSPS) is 21.8. The van der Waals surface area contributed by atoms with Gasteiger partial charge in [-0.15, -0.1) is 28.2 Å². The van der Waals surface area contributed by atoms with E-state index in [1.54, 1.807) is 7.05 Å². The minimum Gasteiger partial charge on any atom is -0.477 e. The number of aryl methyl sites for hydroxylation is 1. The highest BCUT2D eigenvalue weighted by Crippen LogP contribution is 2.47. The Morgan fingerprint density at radius 3 is 2.70 bits per heavy atom. The van der Waals surface area contributed by atoms with Crippen LogP contribution in [0.15, 0.2) is 15.6 Å². The number of β-lactam (4-membered cyclic amide) rings is 1. The predicted molar refractivity (Wildman–Crippen MR) is 126 cm³/mol. The molecular weight excluding hydrogens is 535 g/mol. The van der Waals surface area contributed by atoms with E-state index in [0.29, 0.717) is 0 Å². The molecule has 2 amide bonds. The second-order valence-corrected chi connectivity index (χ2v) is 9.89. The molecule has 0 saturated carbocycles. The first kappa shape index (κ1) is 23.6. The van der Waals surface area contributed by atoms with Crippen molar-refractivity contribution in [2.45, 2.75) is 10.9 Å². The minimum atomic E-state index is -1.68. The highest BCUT2D eigenvalue weighted by molar-refractivity contribution is 8.00. The van der Waals surface area contributed by atoms with Gasteiger partial charge in [0.25, 0.3) is 11.8 Å². The monoisotopic (exact) mass is 546 g/mol. The number of anilines is 1. The fraction of sp³-hybridized carbons (Fsp3) is 0.250. The van der Waals surface area contributed by atoms with Crippen molar-refractivity contribution < 1.29 is 19.5 Å². The summed E-state index contributed by atoms with van der Waals surface area (Å²) < 4.78 is 0.914. The van der Waals surface area contributed by atoms with Crippen molar-refractivity contribution in [2.24, 2.45) is 7.05 Å². The fourth-order valence-electron chi connectivity index (χ4n) is 3.44. The number of nitrogens with two attached hydrogens (primary N) is 1. The van der Waals surface area contributed by atoms with Crippen LogP contribution in [0.5, 0.6) is 0 Å². The smallest absolute Gasteiger partial charge is 0.353 e. The Bertz CT molecular complexity index is 1270. The molecular formula is C16H12Cl2N8O4S3. The molecule has 2 aliphatic heterocycles. The number of tetrazole rings is 1. The Hall–Kier alpha value is -2.59. The Morgan fingerprint density at radius 2 is 2.18 bits per heavy atom. The Labute approximate surface area is 208 Å². The van der Waals surface area contributed by atoms with Crippen molar-refractivity contribution in [3.05, 3.63) is 27.1 Å². The molecule has 0 aromatic carbocycles. The molecule has 33 heavy (non-hydrogen) atoms. The third kappa shape index (κ3) is 3.69. The zero-order valence-electron chi connectivity index (χ0n) is 16.4. The van der Waals surface area contributed by atoms with Gasteiger partial charge in [-0.1, -0.05) is 35.4 Å². The van der Waals surface area contributed by atoms with Crippen molar-refractivity contribution in [2.75, 3.05) is 11.5 Å². The summed E-state index contributed by atoms with van der Waals surface area (Å²) in [4.78, 5) is 43.5. The van der Waals surface area contributed by atoms with Crippen LogP contribution < -0.4 is 11.1 Å². The number of carboxylic acid groups (broad SMARTS) is 1. The third-order valence-electron chi connectivity index (χ3n) is 4.90. The van der Waals surface area contributed by atoms with E-state index in [1.807, 2.05) is 0 Å². The van der Waals surface area contributed by atoms with Gasteiger partial charge in [0, 0.05) is 29.1 Å². The summed E-state index contributed by atoms with van der Waals surface area (Å²) in [5, 5.41) is 25.4. The van der Waals surface area contributed by atoms with Gasteiger partial charge in [-0.25, -0.2) is 14.5 Å². The van der Waals surface area contributed by atoms with Crippen LogP contribution in [0, 0.1) is 0 Å². The predicted octanol–water partition coefficient (Wildman–Crippen LogP) is 0.661. The molecule has 4 rings (SSSR count). The van der Waals surface area contributed by atoms with Crippen LogP contribution in [0.25, 0.3) is 11.1 Å². The summed E-state index contributed by atoms with van der Waals surface area (Å²) in [6.07, 6.45) is 0. The Balaban J connectivity index is 1.70. The second kappa shape index (κ2) is 8.64. The van der Waals surface area contributed by atoms with Crippen LogP contribution in [-0.2, 0) is 21.4 Å². The number of nitrogens with zero attached hydrogens (tertiary/aromatic N) is 6. The average Bonchev–Trinajstić information content (AvgIpc) is 3.38. The van der Waals surface area contributed by atoms with E-state index in [2.05, 4.69) is 25.8 Å². The number of hydrogen-bond donors (Lipinski definition) is 3. The number of thiazole rings is 1. The Kier molecular flexibility index (Phi) is 6.17. The molecule has 1 saturated heterocycles. The van der Waals surface area contributed by atoms with Crippen molar-refractivity contribution in [1.29, 1.82) is 0 Å². The van der Waals surface area contributed by atoms with Gasteiger partial charge in [-0.2, -0.15) is 0 Å². The molecule has 4 heterocycles. The number of aliphatic carboxylic acids is 1. The summed E-state index contributed by atoms with van der Waals surface area (Å²) in [6, 6.07) is 0. The molecule has 172 valence electrons. The zero-order valence-corrected chi connectivity index (χ0v) is 20.3. The number of carbonyl (C=O) groups excluding carboxylic acids is 2. The maximum absolute atomic E-state index is 13.3. The van der Waals surface area contributed by atoms with Gasteiger partial charge in [0.05, 0.1) is 11.3 Å². The summed E-state index contributed by atoms with van der Waals surface area (Å²) in [7, 11) is 1.55. The molecule has 0 aliphatic carbocycles. The number of rotatable bonds is 6. The number of nitrogen functional groups attached to an aromatic ring is 1. The minimum absolute atomic E-state index is 0.123. The van der Waals surface area contributed by atoms with Crippen LogP contribution in [0.2, 0.25) is 0 Å². The molecule has 2 aromatic rings. The molecule has 0 radical (unpaired) electrons. The lowest BCUT2D eigenvalue weighted by Gasteiger charge is -2.55. The highest BCUT2D eigenvalue weighted by Gasteiger charge is 2.65. The molecule has 1 unspecified atom stereocenters. The van der Waals surface area contributed by atoms with E-state index < -0.39 is 28.7 Å². The molecule has 0 spiro atoms. The number of thiocarbonyl (C=S) groups is 1. The van der Waals surface area contributed by atoms with Crippen molar-refractivity contribution in [3.63, 3.8) is 0 Å². The summed E-state index contributed by atoms with van der Waals surface area (Å²) in [5.41, 5.74) is 3.84. The number of carbonyl (C=O) groups is 3. The fourth-order valence-corrected chi connectivity index (χ4v) is 6.17. The van der Waals surface area contributed by atoms with Gasteiger partial charge in [0.2, 0.25) is 0 Å². The van der Waals surface area contributed by atoms with Crippen LogP contribution >= 0.6 is 58.5 Å². The first-order valence-corrected chi connectivity index (χ1v) is 12.0.